The number of benzene rings is 2. The molecule has 1 fully saturated rings. The van der Waals surface area contributed by atoms with Crippen LogP contribution in [0.5, 0.6) is 5.75 Å². The summed E-state index contributed by atoms with van der Waals surface area (Å²) >= 11 is 1.45. The number of aromatic nitrogens is 1. The number of carbonyl (C=O) groups is 1. The summed E-state index contributed by atoms with van der Waals surface area (Å²) in [5.41, 5.74) is 3.06. The van der Waals surface area contributed by atoms with Crippen LogP contribution in [0.25, 0.3) is 11.3 Å². The number of amides is 1. The molecule has 30 heavy (non-hydrogen) atoms. The van der Waals surface area contributed by atoms with Crippen molar-refractivity contribution in [1.29, 1.82) is 0 Å². The Morgan fingerprint density at radius 1 is 1.07 bits per heavy atom. The maximum Gasteiger partial charge on any atom is 0.240 e. The minimum atomic E-state index is -0.0212. The molecule has 1 aromatic heterocycles. The number of thiazole rings is 1. The Morgan fingerprint density at radius 2 is 1.80 bits per heavy atom. The van der Waals surface area contributed by atoms with Gasteiger partial charge in [0.15, 0.2) is 5.13 Å². The van der Waals surface area contributed by atoms with E-state index in [0.717, 1.165) is 48.9 Å². The molecule has 7 heteroatoms. The van der Waals surface area contributed by atoms with Gasteiger partial charge >= 0.3 is 0 Å². The summed E-state index contributed by atoms with van der Waals surface area (Å²) < 4.78 is 5.76. The van der Waals surface area contributed by atoms with Crippen LogP contribution in [0.3, 0.4) is 0 Å². The zero-order chi connectivity index (χ0) is 20.8. The summed E-state index contributed by atoms with van der Waals surface area (Å²) in [6, 6.07) is 18.1. The third-order valence-electron chi connectivity index (χ3n) is 5.07. The van der Waals surface area contributed by atoms with Crippen molar-refractivity contribution < 1.29 is 9.53 Å². The number of para-hydroxylation sites is 2. The molecule has 6 nitrogen and oxygen atoms in total. The van der Waals surface area contributed by atoms with Crippen molar-refractivity contribution in [1.82, 2.24) is 9.88 Å². The van der Waals surface area contributed by atoms with E-state index in [1.165, 1.54) is 11.3 Å². The predicted molar refractivity (Wildman–Crippen MR) is 122 cm³/mol. The van der Waals surface area contributed by atoms with Crippen LogP contribution in [0, 0.1) is 0 Å². The summed E-state index contributed by atoms with van der Waals surface area (Å²) in [5.74, 6) is 0.899. The number of ether oxygens (including phenoxy) is 1. The minimum Gasteiger partial charge on any atom is -0.492 e. The molecular formula is C23H26N4O2S. The lowest BCUT2D eigenvalue weighted by Gasteiger charge is -2.36. The molecule has 1 amide bonds. The van der Waals surface area contributed by atoms with Gasteiger partial charge in [-0.1, -0.05) is 42.5 Å². The fourth-order valence-corrected chi connectivity index (χ4v) is 4.31. The number of rotatable bonds is 7. The van der Waals surface area contributed by atoms with E-state index >= 15 is 0 Å². The number of carbonyl (C=O) groups excluding carboxylic acids is 1. The maximum absolute atomic E-state index is 12.5. The normalized spacial score (nSPS) is 14.5. The molecule has 1 N–H and O–H groups in total. The van der Waals surface area contributed by atoms with Crippen LogP contribution in [0.4, 0.5) is 10.8 Å². The third kappa shape index (κ3) is 4.98. The van der Waals surface area contributed by atoms with E-state index in [9.17, 15) is 4.79 Å². The van der Waals surface area contributed by atoms with Crippen molar-refractivity contribution >= 4 is 28.1 Å². The molecule has 0 spiro atoms. The van der Waals surface area contributed by atoms with Crippen LogP contribution in [-0.4, -0.2) is 55.1 Å². The second-order valence-corrected chi connectivity index (χ2v) is 7.97. The van der Waals surface area contributed by atoms with Crippen molar-refractivity contribution in [3.8, 4) is 17.0 Å². The second-order valence-electron chi connectivity index (χ2n) is 7.12. The van der Waals surface area contributed by atoms with E-state index in [0.29, 0.717) is 18.3 Å². The zero-order valence-electron chi connectivity index (χ0n) is 17.1. The van der Waals surface area contributed by atoms with Gasteiger partial charge in [0.25, 0.3) is 0 Å². The Balaban J connectivity index is 1.28. The van der Waals surface area contributed by atoms with Gasteiger partial charge in [-0.15, -0.1) is 11.3 Å². The van der Waals surface area contributed by atoms with Gasteiger partial charge in [0.1, 0.15) is 5.75 Å². The lowest BCUT2D eigenvalue weighted by Crippen LogP contribution is -2.48. The second kappa shape index (κ2) is 9.73. The SMILES string of the molecule is CCOc1ccccc1N1CCN(CC(=O)Nc2nc(-c3ccccc3)cs2)CC1. The zero-order valence-corrected chi connectivity index (χ0v) is 17.9. The van der Waals surface area contributed by atoms with Gasteiger partial charge < -0.3 is 15.0 Å². The highest BCUT2D eigenvalue weighted by Gasteiger charge is 2.21. The quantitative estimate of drug-likeness (QED) is 0.624. The smallest absolute Gasteiger partial charge is 0.240 e. The molecule has 156 valence electrons. The van der Waals surface area contributed by atoms with Gasteiger partial charge in [-0.25, -0.2) is 4.98 Å². The summed E-state index contributed by atoms with van der Waals surface area (Å²) in [5, 5.41) is 5.55. The number of nitrogens with one attached hydrogen (secondary N) is 1. The molecule has 3 aromatic rings. The first-order valence-corrected chi connectivity index (χ1v) is 11.1. The van der Waals surface area contributed by atoms with E-state index in [2.05, 4.69) is 26.2 Å². The molecule has 1 aliphatic heterocycles. The molecule has 0 aliphatic carbocycles. The van der Waals surface area contributed by atoms with Crippen molar-refractivity contribution in [3.63, 3.8) is 0 Å². The predicted octanol–water partition coefficient (Wildman–Crippen LogP) is 3.97. The molecule has 4 rings (SSSR count). The van der Waals surface area contributed by atoms with Crippen LogP contribution in [-0.2, 0) is 4.79 Å². The van der Waals surface area contributed by atoms with Crippen molar-refractivity contribution in [2.24, 2.45) is 0 Å². The number of hydrogen-bond acceptors (Lipinski definition) is 6. The molecular weight excluding hydrogens is 396 g/mol. The minimum absolute atomic E-state index is 0.0212. The molecule has 0 atom stereocenters. The summed E-state index contributed by atoms with van der Waals surface area (Å²) in [4.78, 5) is 21.5. The maximum atomic E-state index is 12.5. The lowest BCUT2D eigenvalue weighted by molar-refractivity contribution is -0.117. The number of hydrogen-bond donors (Lipinski definition) is 1. The average molecular weight is 423 g/mol. The third-order valence-corrected chi connectivity index (χ3v) is 5.82. The van der Waals surface area contributed by atoms with E-state index < -0.39 is 0 Å². The first-order valence-electron chi connectivity index (χ1n) is 10.2. The number of anilines is 2. The molecule has 0 radical (unpaired) electrons. The average Bonchev–Trinajstić information content (AvgIpc) is 3.24. The van der Waals surface area contributed by atoms with Gasteiger partial charge in [0.2, 0.25) is 5.91 Å². The Hall–Kier alpha value is -2.90. The lowest BCUT2D eigenvalue weighted by atomic mass is 10.2. The largest absolute Gasteiger partial charge is 0.492 e. The Kier molecular flexibility index (Phi) is 6.61. The number of piperazine rings is 1. The van der Waals surface area contributed by atoms with Crippen molar-refractivity contribution in [2.75, 3.05) is 49.5 Å². The molecule has 0 unspecified atom stereocenters. The monoisotopic (exact) mass is 422 g/mol. The fraction of sp³-hybridized carbons (Fsp3) is 0.304. The molecule has 1 saturated heterocycles. The van der Waals surface area contributed by atoms with E-state index in [1.54, 1.807) is 0 Å². The van der Waals surface area contributed by atoms with Crippen LogP contribution in [0.15, 0.2) is 60.0 Å². The highest BCUT2D eigenvalue weighted by atomic mass is 32.1. The molecule has 2 heterocycles. The Morgan fingerprint density at radius 3 is 2.57 bits per heavy atom. The van der Waals surface area contributed by atoms with Gasteiger partial charge in [0.05, 0.1) is 24.5 Å². The van der Waals surface area contributed by atoms with Gasteiger partial charge in [-0.05, 0) is 19.1 Å². The van der Waals surface area contributed by atoms with Gasteiger partial charge in [-0.2, -0.15) is 0 Å². The molecule has 1 aliphatic rings. The first-order chi connectivity index (χ1) is 14.7. The van der Waals surface area contributed by atoms with E-state index in [-0.39, 0.29) is 5.91 Å². The Bertz CT molecular complexity index is 968. The van der Waals surface area contributed by atoms with Crippen molar-refractivity contribution in [3.05, 3.63) is 60.0 Å². The summed E-state index contributed by atoms with van der Waals surface area (Å²) in [6.45, 7) is 6.43. The highest BCUT2D eigenvalue weighted by Crippen LogP contribution is 2.29. The number of nitrogens with zero attached hydrogens (tertiary/aromatic N) is 3. The van der Waals surface area contributed by atoms with Gasteiger partial charge in [0, 0.05) is 37.1 Å². The standard InChI is InChI=1S/C23H26N4O2S/c1-2-29-21-11-7-6-10-20(21)27-14-12-26(13-15-27)16-22(28)25-23-24-19(17-30-23)18-8-4-3-5-9-18/h3-11,17H,2,12-16H2,1H3,(H,24,25,28). The van der Waals surface area contributed by atoms with Gasteiger partial charge in [-0.3, -0.25) is 9.69 Å². The summed E-state index contributed by atoms with van der Waals surface area (Å²) in [6.07, 6.45) is 0. The van der Waals surface area contributed by atoms with Crippen LogP contribution < -0.4 is 15.0 Å². The topological polar surface area (TPSA) is 57.7 Å². The Labute approximate surface area is 181 Å². The summed E-state index contributed by atoms with van der Waals surface area (Å²) in [7, 11) is 0. The van der Waals surface area contributed by atoms with Crippen LogP contribution >= 0.6 is 11.3 Å². The molecule has 0 saturated carbocycles. The van der Waals surface area contributed by atoms with E-state index in [1.807, 2.05) is 60.8 Å². The van der Waals surface area contributed by atoms with Crippen LogP contribution in [0.2, 0.25) is 0 Å². The molecule has 0 bridgehead atoms. The van der Waals surface area contributed by atoms with Crippen molar-refractivity contribution in [2.45, 2.75) is 6.92 Å². The van der Waals surface area contributed by atoms with Crippen LogP contribution in [0.1, 0.15) is 6.92 Å². The first kappa shape index (κ1) is 20.4. The highest BCUT2D eigenvalue weighted by molar-refractivity contribution is 7.14. The fourth-order valence-electron chi connectivity index (χ4n) is 3.58. The molecule has 2 aromatic carbocycles. The van der Waals surface area contributed by atoms with E-state index in [4.69, 9.17) is 4.74 Å².